The van der Waals surface area contributed by atoms with Crippen LogP contribution in [0.5, 0.6) is 5.75 Å². The van der Waals surface area contributed by atoms with E-state index in [1.807, 2.05) is 6.92 Å². The Hall–Kier alpha value is -3.43. The molecule has 33 heavy (non-hydrogen) atoms. The van der Waals surface area contributed by atoms with Crippen LogP contribution >= 0.6 is 0 Å². The van der Waals surface area contributed by atoms with Crippen LogP contribution in [0.15, 0.2) is 40.9 Å². The van der Waals surface area contributed by atoms with Crippen molar-refractivity contribution in [2.24, 2.45) is 17.6 Å². The normalized spacial score (nSPS) is 29.4. The fraction of sp³-hybridized carbons (Fsp3) is 0.375. The number of phenolic OH excluding ortho intramolecular Hbond substituents is 1. The summed E-state index contributed by atoms with van der Waals surface area (Å²) >= 11 is 0. The Labute approximate surface area is 190 Å². The van der Waals surface area contributed by atoms with Crippen molar-refractivity contribution in [1.82, 2.24) is 4.90 Å². The zero-order valence-electron chi connectivity index (χ0n) is 18.5. The number of primary amides is 1. The third-order valence-corrected chi connectivity index (χ3v) is 6.99. The predicted molar refractivity (Wildman–Crippen MR) is 118 cm³/mol. The molecular weight excluding hydrogens is 428 g/mol. The molecule has 1 amide bonds. The highest BCUT2D eigenvalue weighted by atomic mass is 16.3. The van der Waals surface area contributed by atoms with E-state index < -0.39 is 58.0 Å². The number of amides is 1. The fourth-order valence-corrected chi connectivity index (χ4v) is 5.61. The number of carbonyl (C=O) groups excluding carboxylic acids is 3. The predicted octanol–water partition coefficient (Wildman–Crippen LogP) is 1.15. The summed E-state index contributed by atoms with van der Waals surface area (Å²) in [5.74, 6) is -6.52. The SMILES string of the molecule is C/C=C/c1ccc(O)c2c1C[C@H]1C[C@H]3[C@H](N(C)C)C(O)=C(C(N)=O)C(=O)[C@@]3(O)C(O)=C1C2=O. The highest BCUT2D eigenvalue weighted by Gasteiger charge is 2.63. The quantitative estimate of drug-likeness (QED) is 0.425. The van der Waals surface area contributed by atoms with Gasteiger partial charge in [0.15, 0.2) is 11.4 Å². The Morgan fingerprint density at radius 1 is 1.21 bits per heavy atom. The molecule has 174 valence electrons. The van der Waals surface area contributed by atoms with Crippen molar-refractivity contribution in [3.8, 4) is 5.75 Å². The summed E-state index contributed by atoms with van der Waals surface area (Å²) in [5.41, 5.74) is 3.05. The molecule has 0 spiro atoms. The number of aliphatic hydroxyl groups is 3. The first kappa shape index (κ1) is 22.8. The number of hydrogen-bond donors (Lipinski definition) is 5. The molecule has 1 aromatic rings. The lowest BCUT2D eigenvalue weighted by Crippen LogP contribution is -2.63. The second kappa shape index (κ2) is 7.57. The number of nitrogens with zero attached hydrogens (tertiary/aromatic N) is 1. The van der Waals surface area contributed by atoms with Crippen molar-refractivity contribution in [3.05, 3.63) is 57.6 Å². The van der Waals surface area contributed by atoms with Crippen LogP contribution in [0.3, 0.4) is 0 Å². The van der Waals surface area contributed by atoms with E-state index in [1.165, 1.54) is 11.0 Å². The van der Waals surface area contributed by atoms with E-state index in [9.17, 15) is 34.8 Å². The molecule has 3 aliphatic carbocycles. The molecule has 0 radical (unpaired) electrons. The smallest absolute Gasteiger partial charge is 0.255 e. The molecular formula is C24H26N2O7. The monoisotopic (exact) mass is 454 g/mol. The Balaban J connectivity index is 1.98. The van der Waals surface area contributed by atoms with Crippen LogP contribution in [0, 0.1) is 11.8 Å². The van der Waals surface area contributed by atoms with Gasteiger partial charge in [-0.25, -0.2) is 0 Å². The van der Waals surface area contributed by atoms with Gasteiger partial charge in [0.05, 0.1) is 11.6 Å². The van der Waals surface area contributed by atoms with Crippen molar-refractivity contribution < 1.29 is 34.8 Å². The van der Waals surface area contributed by atoms with Crippen molar-refractivity contribution >= 4 is 23.5 Å². The number of Topliss-reactive ketones (excluding diaryl/α,β-unsaturated/α-hetero) is 2. The van der Waals surface area contributed by atoms with Gasteiger partial charge in [-0.3, -0.25) is 19.3 Å². The van der Waals surface area contributed by atoms with Crippen LogP contribution < -0.4 is 5.73 Å². The number of nitrogens with two attached hydrogens (primary N) is 1. The molecule has 4 atom stereocenters. The van der Waals surface area contributed by atoms with E-state index in [4.69, 9.17) is 5.73 Å². The van der Waals surface area contributed by atoms with Crippen LogP contribution in [0.4, 0.5) is 0 Å². The topological polar surface area (TPSA) is 161 Å². The average Bonchev–Trinajstić information content (AvgIpc) is 2.72. The largest absolute Gasteiger partial charge is 0.510 e. The van der Waals surface area contributed by atoms with Crippen molar-refractivity contribution in [2.75, 3.05) is 14.1 Å². The molecule has 4 rings (SSSR count). The molecule has 9 nitrogen and oxygen atoms in total. The highest BCUT2D eigenvalue weighted by molar-refractivity contribution is 6.24. The number of rotatable bonds is 3. The maximum Gasteiger partial charge on any atom is 0.255 e. The molecule has 0 unspecified atom stereocenters. The first-order valence-electron chi connectivity index (χ1n) is 10.6. The summed E-state index contributed by atoms with van der Waals surface area (Å²) in [6, 6.07) is 2.06. The lowest BCUT2D eigenvalue weighted by molar-refractivity contribution is -0.148. The van der Waals surface area contributed by atoms with Crippen LogP contribution in [0.25, 0.3) is 6.08 Å². The second-order valence-electron chi connectivity index (χ2n) is 8.99. The third-order valence-electron chi connectivity index (χ3n) is 6.99. The number of aliphatic hydroxyl groups excluding tert-OH is 2. The third kappa shape index (κ3) is 2.96. The molecule has 0 bridgehead atoms. The summed E-state index contributed by atoms with van der Waals surface area (Å²) in [6.07, 6.45) is 3.94. The zero-order chi connectivity index (χ0) is 24.4. The standard InChI is InChI=1S/C24H26N2O7/c1-4-5-10-6-7-14(27)16-12(10)8-11-9-13-18(26(2)3)20(29)17(23(25)32)22(31)24(13,33)21(30)15(11)19(16)28/h4-7,11,13,18,27,29-30,33H,8-9H2,1-3H3,(H2,25,32)/b5-4+/t11-,13-,18-,24-/m0/s1. The van der Waals surface area contributed by atoms with Gasteiger partial charge < -0.3 is 26.2 Å². The molecule has 0 saturated heterocycles. The summed E-state index contributed by atoms with van der Waals surface area (Å²) < 4.78 is 0. The molecule has 0 heterocycles. The van der Waals surface area contributed by atoms with E-state index in [-0.39, 0.29) is 29.7 Å². The summed E-state index contributed by atoms with van der Waals surface area (Å²) in [7, 11) is 3.19. The molecule has 0 aliphatic heterocycles. The van der Waals surface area contributed by atoms with Crippen LogP contribution in [-0.4, -0.2) is 68.5 Å². The number of carbonyl (C=O) groups is 3. The van der Waals surface area contributed by atoms with Gasteiger partial charge in [0, 0.05) is 11.5 Å². The van der Waals surface area contributed by atoms with Gasteiger partial charge in [0.1, 0.15) is 22.8 Å². The van der Waals surface area contributed by atoms with Gasteiger partial charge in [-0.2, -0.15) is 0 Å². The van der Waals surface area contributed by atoms with Gasteiger partial charge in [-0.1, -0.05) is 18.2 Å². The molecule has 0 saturated carbocycles. The van der Waals surface area contributed by atoms with Gasteiger partial charge in [-0.15, -0.1) is 0 Å². The molecule has 6 N–H and O–H groups in total. The van der Waals surface area contributed by atoms with E-state index in [0.717, 1.165) is 5.56 Å². The summed E-state index contributed by atoms with van der Waals surface area (Å²) in [4.78, 5) is 40.2. The molecule has 0 fully saturated rings. The van der Waals surface area contributed by atoms with Crippen LogP contribution in [0.2, 0.25) is 0 Å². The Kier molecular flexibility index (Phi) is 5.22. The Morgan fingerprint density at radius 3 is 2.45 bits per heavy atom. The minimum absolute atomic E-state index is 0.00591. The minimum Gasteiger partial charge on any atom is -0.510 e. The number of allylic oxidation sites excluding steroid dienone is 2. The molecule has 3 aliphatic rings. The minimum atomic E-state index is -2.62. The number of aromatic hydroxyl groups is 1. The maximum absolute atomic E-state index is 13.5. The lowest BCUT2D eigenvalue weighted by atomic mass is 9.58. The van der Waals surface area contributed by atoms with Crippen LogP contribution in [0.1, 0.15) is 34.8 Å². The van der Waals surface area contributed by atoms with Crippen molar-refractivity contribution in [2.45, 2.75) is 31.4 Å². The van der Waals surface area contributed by atoms with Crippen molar-refractivity contribution in [3.63, 3.8) is 0 Å². The van der Waals surface area contributed by atoms with Crippen molar-refractivity contribution in [1.29, 1.82) is 0 Å². The Morgan fingerprint density at radius 2 is 1.88 bits per heavy atom. The van der Waals surface area contributed by atoms with Gasteiger partial charge in [0.2, 0.25) is 5.78 Å². The second-order valence-corrected chi connectivity index (χ2v) is 8.99. The first-order valence-corrected chi connectivity index (χ1v) is 10.6. The summed E-state index contributed by atoms with van der Waals surface area (Å²) in [6.45, 7) is 1.82. The zero-order valence-corrected chi connectivity index (χ0v) is 18.5. The van der Waals surface area contributed by atoms with E-state index >= 15 is 0 Å². The Bertz CT molecular complexity index is 1190. The number of ketones is 2. The number of likely N-dealkylation sites (N-methyl/N-ethyl adjacent to an activating group) is 1. The number of hydrogen-bond acceptors (Lipinski definition) is 8. The number of phenols is 1. The number of benzene rings is 1. The molecule has 1 aromatic carbocycles. The van der Waals surface area contributed by atoms with Gasteiger partial charge in [0.25, 0.3) is 5.91 Å². The van der Waals surface area contributed by atoms with E-state index in [2.05, 4.69) is 0 Å². The number of fused-ring (bicyclic) bond motifs is 3. The van der Waals surface area contributed by atoms with Gasteiger partial charge >= 0.3 is 0 Å². The van der Waals surface area contributed by atoms with E-state index in [0.29, 0.717) is 5.56 Å². The average molecular weight is 454 g/mol. The fourth-order valence-electron chi connectivity index (χ4n) is 5.61. The molecule has 0 aromatic heterocycles. The van der Waals surface area contributed by atoms with Gasteiger partial charge in [-0.05, 0) is 57.0 Å². The van der Waals surface area contributed by atoms with Crippen LogP contribution in [-0.2, 0) is 16.0 Å². The molecule has 9 heteroatoms. The lowest BCUT2D eigenvalue weighted by Gasteiger charge is -2.50. The first-order chi connectivity index (χ1) is 15.5. The van der Waals surface area contributed by atoms with E-state index in [1.54, 1.807) is 32.3 Å². The maximum atomic E-state index is 13.5. The highest BCUT2D eigenvalue weighted by Crippen LogP contribution is 2.52. The summed E-state index contributed by atoms with van der Waals surface area (Å²) in [5, 5.41) is 43.9.